The molecule has 0 saturated heterocycles. The number of anilines is 1. The van der Waals surface area contributed by atoms with Crippen LogP contribution in [0.5, 0.6) is 0 Å². The number of nitrogens with zero attached hydrogens (tertiary/aromatic N) is 2. The minimum Gasteiger partial charge on any atom is -0.364 e. The smallest absolute Gasteiger partial charge is 0.0451 e. The summed E-state index contributed by atoms with van der Waals surface area (Å²) in [6.45, 7) is 16.4. The second-order valence-electron chi connectivity index (χ2n) is 4.97. The highest BCUT2D eigenvalue weighted by Gasteiger charge is 2.10. The van der Waals surface area contributed by atoms with Gasteiger partial charge in [0.25, 0.3) is 0 Å². The van der Waals surface area contributed by atoms with E-state index < -0.39 is 0 Å². The molecule has 0 spiro atoms. The van der Waals surface area contributed by atoms with Crippen molar-refractivity contribution >= 4 is 5.69 Å². The van der Waals surface area contributed by atoms with Crippen LogP contribution in [0.2, 0.25) is 0 Å². The molecule has 0 bridgehead atoms. The summed E-state index contributed by atoms with van der Waals surface area (Å²) in [7, 11) is 0. The van der Waals surface area contributed by atoms with Crippen LogP contribution in [0, 0.1) is 6.92 Å². The van der Waals surface area contributed by atoms with E-state index in [9.17, 15) is 0 Å². The summed E-state index contributed by atoms with van der Waals surface area (Å²) < 4.78 is 0. The maximum atomic E-state index is 4.40. The van der Waals surface area contributed by atoms with Crippen LogP contribution in [0.1, 0.15) is 25.1 Å². The minimum atomic E-state index is 0.460. The van der Waals surface area contributed by atoms with E-state index in [4.69, 9.17) is 0 Å². The summed E-state index contributed by atoms with van der Waals surface area (Å²) in [5.74, 6) is 0. The van der Waals surface area contributed by atoms with Gasteiger partial charge in [-0.05, 0) is 13.0 Å². The third kappa shape index (κ3) is 4.87. The number of nitrogens with one attached hydrogen (secondary N) is 1. The molecular formula is C16H25N3. The van der Waals surface area contributed by atoms with Gasteiger partial charge in [-0.25, -0.2) is 0 Å². The molecule has 0 atom stereocenters. The molecule has 3 nitrogen and oxygen atoms in total. The lowest BCUT2D eigenvalue weighted by atomic mass is 10.1. The van der Waals surface area contributed by atoms with E-state index in [-0.39, 0.29) is 0 Å². The van der Waals surface area contributed by atoms with Gasteiger partial charge in [-0.2, -0.15) is 0 Å². The molecule has 0 radical (unpaired) electrons. The van der Waals surface area contributed by atoms with Gasteiger partial charge >= 0.3 is 0 Å². The van der Waals surface area contributed by atoms with E-state index in [2.05, 4.69) is 48.3 Å². The van der Waals surface area contributed by atoms with E-state index in [0.717, 1.165) is 25.3 Å². The summed E-state index contributed by atoms with van der Waals surface area (Å²) in [6.07, 6.45) is 5.79. The number of aromatic nitrogens is 1. The molecule has 0 aliphatic heterocycles. The highest BCUT2D eigenvalue weighted by molar-refractivity contribution is 5.54. The molecule has 19 heavy (non-hydrogen) atoms. The maximum Gasteiger partial charge on any atom is 0.0451 e. The summed E-state index contributed by atoms with van der Waals surface area (Å²) in [4.78, 5) is 6.66. The van der Waals surface area contributed by atoms with Crippen molar-refractivity contribution in [1.82, 2.24) is 10.3 Å². The SMILES string of the molecule is C=CCN(CC=C)c1cc(C)ncc1CNC(C)C. The van der Waals surface area contributed by atoms with Crippen molar-refractivity contribution in [2.45, 2.75) is 33.4 Å². The zero-order valence-electron chi connectivity index (χ0n) is 12.3. The molecule has 0 fully saturated rings. The number of pyridine rings is 1. The largest absolute Gasteiger partial charge is 0.364 e. The Kier molecular flexibility index (Phi) is 6.30. The predicted octanol–water partition coefficient (Wildman–Crippen LogP) is 3.07. The van der Waals surface area contributed by atoms with Gasteiger partial charge in [-0.15, -0.1) is 13.2 Å². The Hall–Kier alpha value is -1.61. The lowest BCUT2D eigenvalue weighted by Crippen LogP contribution is -2.27. The zero-order chi connectivity index (χ0) is 14.3. The molecule has 1 rings (SSSR count). The fraction of sp³-hybridized carbons (Fsp3) is 0.438. The van der Waals surface area contributed by atoms with Crippen LogP contribution in [0.3, 0.4) is 0 Å². The Morgan fingerprint density at radius 3 is 2.47 bits per heavy atom. The zero-order valence-corrected chi connectivity index (χ0v) is 12.3. The first-order valence-electron chi connectivity index (χ1n) is 6.74. The molecule has 1 heterocycles. The molecule has 0 unspecified atom stereocenters. The molecule has 1 N–H and O–H groups in total. The fourth-order valence-electron chi connectivity index (χ4n) is 1.90. The molecule has 3 heteroatoms. The second kappa shape index (κ2) is 7.74. The summed E-state index contributed by atoms with van der Waals surface area (Å²) in [6, 6.07) is 2.59. The van der Waals surface area contributed by atoms with E-state index in [1.165, 1.54) is 11.3 Å². The Labute approximate surface area is 117 Å². The molecule has 0 saturated carbocycles. The molecular weight excluding hydrogens is 234 g/mol. The van der Waals surface area contributed by atoms with Gasteiger partial charge in [0, 0.05) is 48.8 Å². The number of hydrogen-bond acceptors (Lipinski definition) is 3. The Morgan fingerprint density at radius 1 is 1.32 bits per heavy atom. The van der Waals surface area contributed by atoms with Crippen LogP contribution in [-0.2, 0) is 6.54 Å². The van der Waals surface area contributed by atoms with Crippen molar-refractivity contribution in [3.05, 3.63) is 48.8 Å². The molecule has 0 aliphatic carbocycles. The average molecular weight is 259 g/mol. The number of aryl methyl sites for hydroxylation is 1. The Bertz CT molecular complexity index is 414. The molecule has 1 aromatic heterocycles. The summed E-state index contributed by atoms with van der Waals surface area (Å²) in [5.41, 5.74) is 3.45. The second-order valence-corrected chi connectivity index (χ2v) is 4.97. The van der Waals surface area contributed by atoms with Crippen LogP contribution in [0.15, 0.2) is 37.6 Å². The van der Waals surface area contributed by atoms with E-state index >= 15 is 0 Å². The van der Waals surface area contributed by atoms with Gasteiger partial charge in [0.1, 0.15) is 0 Å². The van der Waals surface area contributed by atoms with E-state index in [1.807, 2.05) is 25.3 Å². The van der Waals surface area contributed by atoms with Gasteiger partial charge in [0.05, 0.1) is 0 Å². The van der Waals surface area contributed by atoms with Gasteiger partial charge in [-0.1, -0.05) is 26.0 Å². The van der Waals surface area contributed by atoms with Crippen molar-refractivity contribution in [2.24, 2.45) is 0 Å². The molecule has 1 aromatic rings. The van der Waals surface area contributed by atoms with Crippen LogP contribution in [0.4, 0.5) is 5.69 Å². The maximum absolute atomic E-state index is 4.40. The van der Waals surface area contributed by atoms with Gasteiger partial charge in [0.15, 0.2) is 0 Å². The Morgan fingerprint density at radius 2 is 1.95 bits per heavy atom. The molecule has 0 aliphatic rings. The van der Waals surface area contributed by atoms with Crippen molar-refractivity contribution in [3.63, 3.8) is 0 Å². The predicted molar refractivity (Wildman–Crippen MR) is 83.6 cm³/mol. The quantitative estimate of drug-likeness (QED) is 0.727. The van der Waals surface area contributed by atoms with Gasteiger partial charge < -0.3 is 10.2 Å². The third-order valence-corrected chi connectivity index (χ3v) is 2.84. The highest BCUT2D eigenvalue weighted by atomic mass is 15.1. The lowest BCUT2D eigenvalue weighted by Gasteiger charge is -2.25. The monoisotopic (exact) mass is 259 g/mol. The minimum absolute atomic E-state index is 0.460. The van der Waals surface area contributed by atoms with Crippen LogP contribution < -0.4 is 10.2 Å². The topological polar surface area (TPSA) is 28.2 Å². The standard InChI is InChI=1S/C16H25N3/c1-6-8-19(9-7-2)16-10-14(5)18-12-15(16)11-17-13(3)4/h6-7,10,12-13,17H,1-2,8-9,11H2,3-5H3. The van der Waals surface area contributed by atoms with Crippen molar-refractivity contribution in [3.8, 4) is 0 Å². The van der Waals surface area contributed by atoms with Crippen LogP contribution in [0.25, 0.3) is 0 Å². The molecule has 0 aromatic carbocycles. The third-order valence-electron chi connectivity index (χ3n) is 2.84. The van der Waals surface area contributed by atoms with E-state index in [1.54, 1.807) is 0 Å². The van der Waals surface area contributed by atoms with Crippen molar-refractivity contribution in [1.29, 1.82) is 0 Å². The highest BCUT2D eigenvalue weighted by Crippen LogP contribution is 2.21. The normalized spacial score (nSPS) is 10.5. The van der Waals surface area contributed by atoms with Crippen molar-refractivity contribution < 1.29 is 0 Å². The number of hydrogen-bond donors (Lipinski definition) is 1. The fourth-order valence-corrected chi connectivity index (χ4v) is 1.90. The first-order valence-corrected chi connectivity index (χ1v) is 6.74. The molecule has 104 valence electrons. The van der Waals surface area contributed by atoms with Crippen LogP contribution >= 0.6 is 0 Å². The first-order chi connectivity index (χ1) is 9.08. The molecule has 0 amide bonds. The average Bonchev–Trinajstić information content (AvgIpc) is 2.37. The summed E-state index contributed by atoms with van der Waals surface area (Å²) in [5, 5.41) is 3.44. The van der Waals surface area contributed by atoms with Crippen molar-refractivity contribution in [2.75, 3.05) is 18.0 Å². The Balaban J connectivity index is 3.02. The summed E-state index contributed by atoms with van der Waals surface area (Å²) >= 11 is 0. The number of rotatable bonds is 8. The van der Waals surface area contributed by atoms with Gasteiger partial charge in [0.2, 0.25) is 0 Å². The lowest BCUT2D eigenvalue weighted by molar-refractivity contribution is 0.587. The van der Waals surface area contributed by atoms with Crippen LogP contribution in [-0.4, -0.2) is 24.1 Å². The van der Waals surface area contributed by atoms with Gasteiger partial charge in [-0.3, -0.25) is 4.98 Å². The first kappa shape index (κ1) is 15.4. The van der Waals surface area contributed by atoms with E-state index in [0.29, 0.717) is 6.04 Å².